The number of nitrogens with zero attached hydrogens (tertiary/aromatic N) is 6. The molecule has 4 aromatic rings. The van der Waals surface area contributed by atoms with Crippen molar-refractivity contribution in [3.05, 3.63) is 81.1 Å². The van der Waals surface area contributed by atoms with E-state index in [0.717, 1.165) is 80.4 Å². The van der Waals surface area contributed by atoms with Gasteiger partial charge in [0.05, 0.1) is 28.0 Å². The molecule has 5 amide bonds. The van der Waals surface area contributed by atoms with Gasteiger partial charge in [0.15, 0.2) is 5.13 Å². The minimum atomic E-state index is -0.981. The fourth-order valence-electron chi connectivity index (χ4n) is 8.02. The molecule has 57 heavy (non-hydrogen) atoms. The number of nitrogens with one attached hydrogen (secondary N) is 4. The Kier molecular flexibility index (Phi) is 10.9. The zero-order chi connectivity index (χ0) is 39.8. The summed E-state index contributed by atoms with van der Waals surface area (Å²) < 4.78 is 0. The highest BCUT2D eigenvalue weighted by atomic mass is 35.5. The number of fused-ring (bicyclic) bond motifs is 1. The second-order valence-corrected chi connectivity index (χ2v) is 16.4. The maximum absolute atomic E-state index is 13.4. The van der Waals surface area contributed by atoms with Gasteiger partial charge in [-0.15, -0.1) is 0 Å². The van der Waals surface area contributed by atoms with E-state index in [4.69, 9.17) is 16.6 Å². The largest absolute Gasteiger partial charge is 0.370 e. The van der Waals surface area contributed by atoms with Gasteiger partial charge in [0.1, 0.15) is 28.4 Å². The van der Waals surface area contributed by atoms with Crippen molar-refractivity contribution in [1.82, 2.24) is 30.5 Å². The first kappa shape index (κ1) is 38.4. The van der Waals surface area contributed by atoms with Crippen LogP contribution in [0.2, 0.25) is 5.02 Å². The predicted molar refractivity (Wildman–Crippen MR) is 218 cm³/mol. The molecule has 4 aliphatic rings. The number of aromatic nitrogens is 3. The topological polar surface area (TPSA) is 182 Å². The van der Waals surface area contributed by atoms with Crippen molar-refractivity contribution in [2.45, 2.75) is 64.5 Å². The Morgan fingerprint density at radius 1 is 0.947 bits per heavy atom. The van der Waals surface area contributed by atoms with Crippen LogP contribution in [0.4, 0.5) is 28.1 Å². The number of piperidine rings is 3. The van der Waals surface area contributed by atoms with Crippen LogP contribution in [0.15, 0.2) is 48.7 Å². The fraction of sp³-hybridized carbons (Fsp3) is 0.400. The molecule has 0 bridgehead atoms. The Labute approximate surface area is 338 Å². The zero-order valence-corrected chi connectivity index (χ0v) is 33.2. The lowest BCUT2D eigenvalue weighted by molar-refractivity contribution is -0.136. The molecule has 3 fully saturated rings. The molecule has 2 aromatic carbocycles. The molecule has 2 aromatic heterocycles. The van der Waals surface area contributed by atoms with Crippen molar-refractivity contribution in [3.63, 3.8) is 0 Å². The number of carbonyl (C=O) groups is 5. The number of thiazole rings is 1. The molecule has 4 N–H and O–H groups in total. The average molecular weight is 811 g/mol. The third-order valence-electron chi connectivity index (χ3n) is 11.1. The van der Waals surface area contributed by atoms with E-state index in [-0.39, 0.29) is 30.4 Å². The maximum atomic E-state index is 13.4. The Morgan fingerprint density at radius 2 is 1.75 bits per heavy atom. The molecule has 1 unspecified atom stereocenters. The van der Waals surface area contributed by atoms with Crippen molar-refractivity contribution >= 4 is 80.6 Å². The van der Waals surface area contributed by atoms with E-state index in [1.807, 2.05) is 38.1 Å². The molecule has 0 spiro atoms. The highest BCUT2D eigenvalue weighted by Gasteiger charge is 2.45. The van der Waals surface area contributed by atoms with Gasteiger partial charge in [-0.2, -0.15) is 0 Å². The zero-order valence-electron chi connectivity index (χ0n) is 31.6. The number of hydrogen-bond acceptors (Lipinski definition) is 13. The number of imide groups is 2. The summed E-state index contributed by atoms with van der Waals surface area (Å²) in [6.07, 6.45) is 5.80. The van der Waals surface area contributed by atoms with Crippen LogP contribution in [0.25, 0.3) is 0 Å². The van der Waals surface area contributed by atoms with Crippen molar-refractivity contribution in [2.24, 2.45) is 5.92 Å². The molecule has 0 radical (unpaired) electrons. The molecule has 17 heteroatoms. The number of carbonyl (C=O) groups excluding carboxylic acids is 5. The summed E-state index contributed by atoms with van der Waals surface area (Å²) in [5, 5.41) is 13.2. The van der Waals surface area contributed by atoms with E-state index in [1.165, 1.54) is 17.5 Å². The lowest BCUT2D eigenvalue weighted by Gasteiger charge is -2.37. The van der Waals surface area contributed by atoms with Crippen molar-refractivity contribution < 1.29 is 24.0 Å². The van der Waals surface area contributed by atoms with Crippen LogP contribution >= 0.6 is 22.9 Å². The van der Waals surface area contributed by atoms with Crippen LogP contribution in [0.3, 0.4) is 0 Å². The van der Waals surface area contributed by atoms with Crippen LogP contribution in [-0.4, -0.2) is 94.2 Å². The van der Waals surface area contributed by atoms with E-state index in [9.17, 15) is 24.0 Å². The lowest BCUT2D eigenvalue weighted by Crippen LogP contribution is -2.54. The fourth-order valence-corrected chi connectivity index (χ4v) is 9.01. The van der Waals surface area contributed by atoms with Gasteiger partial charge in [-0.1, -0.05) is 35.1 Å². The first-order valence-electron chi connectivity index (χ1n) is 19.2. The second kappa shape index (κ2) is 16.2. The van der Waals surface area contributed by atoms with Crippen LogP contribution in [0.5, 0.6) is 0 Å². The van der Waals surface area contributed by atoms with E-state index in [2.05, 4.69) is 41.0 Å². The van der Waals surface area contributed by atoms with Crippen molar-refractivity contribution in [1.29, 1.82) is 0 Å². The minimum absolute atomic E-state index is 0.0867. The van der Waals surface area contributed by atoms with Crippen LogP contribution in [-0.2, 0) is 9.59 Å². The van der Waals surface area contributed by atoms with Gasteiger partial charge < -0.3 is 25.8 Å². The molecule has 4 aliphatic heterocycles. The number of halogens is 1. The third kappa shape index (κ3) is 8.20. The highest BCUT2D eigenvalue weighted by molar-refractivity contribution is 7.17. The normalized spacial score (nSPS) is 20.2. The van der Waals surface area contributed by atoms with E-state index < -0.39 is 29.7 Å². The van der Waals surface area contributed by atoms with E-state index in [1.54, 1.807) is 18.2 Å². The summed E-state index contributed by atoms with van der Waals surface area (Å²) >= 11 is 7.53. The van der Waals surface area contributed by atoms with Gasteiger partial charge in [-0.05, 0) is 88.2 Å². The van der Waals surface area contributed by atoms with Gasteiger partial charge in [0.25, 0.3) is 17.7 Å². The molecule has 296 valence electrons. The first-order valence-corrected chi connectivity index (χ1v) is 20.4. The number of anilines is 5. The number of benzene rings is 2. The standard InChI is InChI=1S/C40H43ClN10O5S/c1-22-5-3-7-29(41)35(22)48-37(54)31-20-43-40(57-31)46-32-18-33(45-23(2)44-32)49-15-12-24(13-16-49)19-42-25-6-4-14-50(21-25)26-8-9-27-28(17-26)39(56)51(38(27)55)30-10-11-34(52)47-36(30)53/h3,5,7-9,17-18,20,24-25,30,42H,4,6,10-16,19,21H2,1-2H3,(H,48,54)(H,47,52,53)(H,43,44,45,46)/t25-,30?/m1/s1. The molecule has 0 aliphatic carbocycles. The average Bonchev–Trinajstić information content (AvgIpc) is 3.77. The Morgan fingerprint density at radius 3 is 2.54 bits per heavy atom. The van der Waals surface area contributed by atoms with Crippen LogP contribution in [0, 0.1) is 19.8 Å². The molecular formula is C40H43ClN10O5S. The predicted octanol–water partition coefficient (Wildman–Crippen LogP) is 5.08. The first-order chi connectivity index (χ1) is 27.5. The number of amides is 5. The third-order valence-corrected chi connectivity index (χ3v) is 12.3. The highest BCUT2D eigenvalue weighted by Crippen LogP contribution is 2.33. The second-order valence-electron chi connectivity index (χ2n) is 15.0. The number of aryl methyl sites for hydroxylation is 2. The monoisotopic (exact) mass is 810 g/mol. The van der Waals surface area contributed by atoms with Crippen molar-refractivity contribution in [2.75, 3.05) is 53.2 Å². The van der Waals surface area contributed by atoms with E-state index in [0.29, 0.717) is 43.8 Å². The molecule has 2 atom stereocenters. The SMILES string of the molecule is Cc1nc(Nc2ncc(C(=O)Nc3c(C)cccc3Cl)s2)cc(N2CCC(CN[C@@H]3CCCN(c4ccc5c(c4)C(=O)N(C4CCC(=O)NC4=O)C5=O)C3)CC2)n1. The molecule has 3 saturated heterocycles. The molecular weight excluding hydrogens is 768 g/mol. The van der Waals surface area contributed by atoms with Crippen molar-refractivity contribution in [3.8, 4) is 0 Å². The molecule has 6 heterocycles. The van der Waals surface area contributed by atoms with Gasteiger partial charge >= 0.3 is 0 Å². The smallest absolute Gasteiger partial charge is 0.267 e. The Balaban J connectivity index is 0.824. The number of rotatable bonds is 10. The minimum Gasteiger partial charge on any atom is -0.370 e. The number of hydrogen-bond donors (Lipinski definition) is 4. The summed E-state index contributed by atoms with van der Waals surface area (Å²) in [6, 6.07) is 12.0. The summed E-state index contributed by atoms with van der Waals surface area (Å²) in [4.78, 5) is 83.3. The molecule has 8 rings (SSSR count). The van der Waals surface area contributed by atoms with Gasteiger partial charge in [0, 0.05) is 50.4 Å². The van der Waals surface area contributed by atoms with Gasteiger partial charge in [-0.25, -0.2) is 15.0 Å². The Bertz CT molecular complexity index is 2240. The van der Waals surface area contributed by atoms with Gasteiger partial charge in [-0.3, -0.25) is 34.2 Å². The summed E-state index contributed by atoms with van der Waals surface area (Å²) in [5.74, 6) is 0.317. The number of para-hydroxylation sites is 1. The maximum Gasteiger partial charge on any atom is 0.267 e. The molecule has 15 nitrogen and oxygen atoms in total. The van der Waals surface area contributed by atoms with Crippen LogP contribution < -0.4 is 31.1 Å². The lowest BCUT2D eigenvalue weighted by atomic mass is 9.95. The van der Waals surface area contributed by atoms with Gasteiger partial charge in [0.2, 0.25) is 11.8 Å². The van der Waals surface area contributed by atoms with Crippen LogP contribution in [0.1, 0.15) is 80.3 Å². The molecule has 0 saturated carbocycles. The summed E-state index contributed by atoms with van der Waals surface area (Å²) in [6.45, 7) is 7.99. The Hall–Kier alpha value is -5.45. The summed E-state index contributed by atoms with van der Waals surface area (Å²) in [5.41, 5.74) is 2.91. The quantitative estimate of drug-likeness (QED) is 0.156. The van der Waals surface area contributed by atoms with E-state index >= 15 is 0 Å². The summed E-state index contributed by atoms with van der Waals surface area (Å²) in [7, 11) is 0.